The van der Waals surface area contributed by atoms with Gasteiger partial charge < -0.3 is 4.74 Å². The summed E-state index contributed by atoms with van der Waals surface area (Å²) in [6, 6.07) is 0. The van der Waals surface area contributed by atoms with Crippen molar-refractivity contribution < 1.29 is 9.30 Å². The highest BCUT2D eigenvalue weighted by Crippen LogP contribution is 1.98. The first kappa shape index (κ1) is 12.2. The van der Waals surface area contributed by atoms with Crippen molar-refractivity contribution >= 4 is 0 Å². The number of rotatable bonds is 7. The second kappa shape index (κ2) is 6.62. The van der Waals surface area contributed by atoms with Gasteiger partial charge in [0.2, 0.25) is 0 Å². The predicted octanol–water partition coefficient (Wildman–Crippen LogP) is 1.92. The summed E-state index contributed by atoms with van der Waals surface area (Å²) in [6.45, 7) is 7.44. The van der Waals surface area contributed by atoms with Gasteiger partial charge in [0.25, 0.3) is 5.82 Å². The second-order valence-electron chi connectivity index (χ2n) is 3.93. The van der Waals surface area contributed by atoms with Crippen LogP contribution in [0.4, 0.5) is 0 Å². The van der Waals surface area contributed by atoms with E-state index in [4.69, 9.17) is 4.74 Å². The summed E-state index contributed by atoms with van der Waals surface area (Å²) in [5.74, 6) is 1.35. The highest BCUT2D eigenvalue weighted by molar-refractivity contribution is 4.79. The molecule has 1 rings (SSSR count). The first-order valence-electron chi connectivity index (χ1n) is 5.83. The molecule has 0 amide bonds. The molecule has 0 saturated heterocycles. The monoisotopic (exact) mass is 211 g/mol. The minimum atomic E-state index is 0.840. The van der Waals surface area contributed by atoms with Gasteiger partial charge >= 0.3 is 0 Å². The Labute approximate surface area is 92.7 Å². The van der Waals surface area contributed by atoms with Gasteiger partial charge in [-0.2, -0.15) is 0 Å². The number of ether oxygens (including phenoxy) is 1. The van der Waals surface area contributed by atoms with E-state index in [9.17, 15) is 0 Å². The van der Waals surface area contributed by atoms with Gasteiger partial charge in [-0.3, -0.25) is 0 Å². The van der Waals surface area contributed by atoms with Gasteiger partial charge in [0.05, 0.1) is 13.1 Å². The quantitative estimate of drug-likeness (QED) is 0.498. The van der Waals surface area contributed by atoms with Crippen LogP contribution in [0.25, 0.3) is 0 Å². The first-order chi connectivity index (χ1) is 7.29. The largest absolute Gasteiger partial charge is 0.385 e. The zero-order valence-corrected chi connectivity index (χ0v) is 10.2. The molecule has 0 bridgehead atoms. The molecule has 1 aromatic heterocycles. The molecule has 0 radical (unpaired) electrons. The van der Waals surface area contributed by atoms with Gasteiger partial charge in [0, 0.05) is 27.1 Å². The third-order valence-electron chi connectivity index (χ3n) is 2.76. The maximum Gasteiger partial charge on any atom is 0.253 e. The van der Waals surface area contributed by atoms with E-state index in [1.54, 1.807) is 7.11 Å². The average molecular weight is 211 g/mol. The van der Waals surface area contributed by atoms with Crippen LogP contribution < -0.4 is 4.57 Å². The molecular weight excluding hydrogens is 188 g/mol. The van der Waals surface area contributed by atoms with E-state index >= 15 is 0 Å². The maximum atomic E-state index is 5.05. The topological polar surface area (TPSA) is 18.0 Å². The molecule has 0 aliphatic heterocycles. The Kier molecular flexibility index (Phi) is 5.40. The zero-order valence-electron chi connectivity index (χ0n) is 10.2. The van der Waals surface area contributed by atoms with Crippen molar-refractivity contribution in [2.75, 3.05) is 13.7 Å². The Bertz CT molecular complexity index is 281. The van der Waals surface area contributed by atoms with Gasteiger partial charge in [-0.1, -0.05) is 13.3 Å². The molecule has 3 nitrogen and oxygen atoms in total. The average Bonchev–Trinajstić information content (AvgIpc) is 2.58. The molecular formula is C12H23N2O+. The lowest BCUT2D eigenvalue weighted by atomic mass is 10.3. The van der Waals surface area contributed by atoms with Gasteiger partial charge in [0.1, 0.15) is 12.4 Å². The summed E-state index contributed by atoms with van der Waals surface area (Å²) in [7, 11) is 1.75. The zero-order chi connectivity index (χ0) is 11.1. The summed E-state index contributed by atoms with van der Waals surface area (Å²) >= 11 is 0. The number of hydrogen-bond acceptors (Lipinski definition) is 1. The van der Waals surface area contributed by atoms with Crippen molar-refractivity contribution in [1.29, 1.82) is 0 Å². The minimum Gasteiger partial charge on any atom is -0.385 e. The first-order valence-corrected chi connectivity index (χ1v) is 5.83. The smallest absolute Gasteiger partial charge is 0.253 e. The molecule has 1 heterocycles. The van der Waals surface area contributed by atoms with E-state index in [0.29, 0.717) is 0 Å². The standard InChI is InChI=1S/C12H23N2O/c1-4-5-7-13-9-10-14(12(13)2)8-6-11-15-3/h9-10H,4-8,11H2,1-3H3/q+1. The van der Waals surface area contributed by atoms with E-state index in [1.807, 2.05) is 0 Å². The molecule has 0 atom stereocenters. The van der Waals surface area contributed by atoms with Crippen LogP contribution in [0.3, 0.4) is 0 Å². The SMILES string of the molecule is CCCCn1cc[n+](CCCOC)c1C. The number of unbranched alkanes of at least 4 members (excludes halogenated alkanes) is 1. The fourth-order valence-corrected chi connectivity index (χ4v) is 1.72. The molecule has 0 N–H and O–H groups in total. The molecule has 3 heteroatoms. The number of hydrogen-bond donors (Lipinski definition) is 0. The van der Waals surface area contributed by atoms with Gasteiger partial charge in [-0.15, -0.1) is 0 Å². The molecule has 0 aromatic carbocycles. The summed E-state index contributed by atoms with van der Waals surface area (Å²) < 4.78 is 9.68. The van der Waals surface area contributed by atoms with Gasteiger partial charge in [0.15, 0.2) is 0 Å². The van der Waals surface area contributed by atoms with Gasteiger partial charge in [-0.05, 0) is 6.42 Å². The second-order valence-corrected chi connectivity index (χ2v) is 3.93. The van der Waals surface area contributed by atoms with Crippen LogP contribution in [0, 0.1) is 6.92 Å². The predicted molar refractivity (Wildman–Crippen MR) is 60.8 cm³/mol. The van der Waals surface area contributed by atoms with Crippen molar-refractivity contribution in [3.05, 3.63) is 18.2 Å². The normalized spacial score (nSPS) is 10.9. The van der Waals surface area contributed by atoms with Crippen molar-refractivity contribution in [2.24, 2.45) is 0 Å². The van der Waals surface area contributed by atoms with E-state index in [0.717, 1.165) is 26.1 Å². The third-order valence-corrected chi connectivity index (χ3v) is 2.76. The summed E-state index contributed by atoms with van der Waals surface area (Å²) in [6.07, 6.45) is 7.94. The van der Waals surface area contributed by atoms with E-state index in [1.165, 1.54) is 18.7 Å². The molecule has 0 aliphatic carbocycles. The van der Waals surface area contributed by atoms with E-state index in [-0.39, 0.29) is 0 Å². The van der Waals surface area contributed by atoms with Crippen molar-refractivity contribution in [3.8, 4) is 0 Å². The summed E-state index contributed by atoms with van der Waals surface area (Å²) in [5.41, 5.74) is 0. The van der Waals surface area contributed by atoms with Crippen LogP contribution in [0.1, 0.15) is 32.0 Å². The van der Waals surface area contributed by atoms with Crippen molar-refractivity contribution in [2.45, 2.75) is 46.2 Å². The molecule has 15 heavy (non-hydrogen) atoms. The molecule has 0 saturated carbocycles. The number of aryl methyl sites for hydroxylation is 2. The number of methoxy groups -OCH3 is 1. The number of aromatic nitrogens is 2. The lowest BCUT2D eigenvalue weighted by Crippen LogP contribution is -2.36. The maximum absolute atomic E-state index is 5.05. The molecule has 0 fully saturated rings. The van der Waals surface area contributed by atoms with Crippen LogP contribution in [-0.4, -0.2) is 18.3 Å². The molecule has 0 aliphatic rings. The Balaban J connectivity index is 2.47. The Hall–Kier alpha value is -0.830. The fourth-order valence-electron chi connectivity index (χ4n) is 1.72. The number of nitrogens with zero attached hydrogens (tertiary/aromatic N) is 2. The Morgan fingerprint density at radius 3 is 2.87 bits per heavy atom. The van der Waals surface area contributed by atoms with Crippen LogP contribution in [0.2, 0.25) is 0 Å². The summed E-state index contributed by atoms with van der Waals surface area (Å²) in [5, 5.41) is 0. The lowest BCUT2D eigenvalue weighted by molar-refractivity contribution is -0.703. The van der Waals surface area contributed by atoms with Gasteiger partial charge in [-0.25, -0.2) is 9.13 Å². The molecule has 0 spiro atoms. The van der Waals surface area contributed by atoms with Crippen LogP contribution >= 0.6 is 0 Å². The van der Waals surface area contributed by atoms with Crippen LogP contribution in [0.15, 0.2) is 12.4 Å². The van der Waals surface area contributed by atoms with Crippen molar-refractivity contribution in [3.63, 3.8) is 0 Å². The van der Waals surface area contributed by atoms with Crippen molar-refractivity contribution in [1.82, 2.24) is 4.57 Å². The molecule has 1 aromatic rings. The fraction of sp³-hybridized carbons (Fsp3) is 0.750. The molecule has 0 unspecified atom stereocenters. The highest BCUT2D eigenvalue weighted by Gasteiger charge is 2.10. The molecule has 86 valence electrons. The Morgan fingerprint density at radius 2 is 2.20 bits per heavy atom. The highest BCUT2D eigenvalue weighted by atomic mass is 16.5. The minimum absolute atomic E-state index is 0.840. The third kappa shape index (κ3) is 3.67. The Morgan fingerprint density at radius 1 is 1.40 bits per heavy atom. The van der Waals surface area contributed by atoms with Crippen LogP contribution in [0.5, 0.6) is 0 Å². The number of imidazole rings is 1. The summed E-state index contributed by atoms with van der Waals surface area (Å²) in [4.78, 5) is 0. The van der Waals surface area contributed by atoms with E-state index < -0.39 is 0 Å². The van der Waals surface area contributed by atoms with Crippen LogP contribution in [-0.2, 0) is 17.8 Å². The lowest BCUT2D eigenvalue weighted by Gasteiger charge is -2.00. The van der Waals surface area contributed by atoms with E-state index in [2.05, 4.69) is 35.4 Å².